The molecule has 18 heavy (non-hydrogen) atoms. The van der Waals surface area contributed by atoms with Gasteiger partial charge >= 0.3 is 0 Å². The van der Waals surface area contributed by atoms with Crippen LogP contribution in [-0.4, -0.2) is 5.91 Å². The maximum atomic E-state index is 12.0. The van der Waals surface area contributed by atoms with Crippen molar-refractivity contribution in [3.05, 3.63) is 48.7 Å². The molecule has 0 aliphatic heterocycles. The first-order chi connectivity index (χ1) is 8.49. The van der Waals surface area contributed by atoms with Crippen molar-refractivity contribution >= 4 is 71.0 Å². The third-order valence-corrected chi connectivity index (χ3v) is 4.11. The summed E-state index contributed by atoms with van der Waals surface area (Å²) in [7, 11) is 0. The van der Waals surface area contributed by atoms with Crippen LogP contribution in [0.25, 0.3) is 0 Å². The van der Waals surface area contributed by atoms with E-state index >= 15 is 0 Å². The lowest BCUT2D eigenvalue weighted by Crippen LogP contribution is -2.12. The van der Waals surface area contributed by atoms with Crippen LogP contribution in [0.3, 0.4) is 0 Å². The molecule has 1 heterocycles. The van der Waals surface area contributed by atoms with Crippen molar-refractivity contribution in [2.24, 2.45) is 0 Å². The van der Waals surface area contributed by atoms with Crippen LogP contribution in [-0.2, 0) is 0 Å². The Morgan fingerprint density at radius 2 is 1.83 bits per heavy atom. The topological polar surface area (TPSA) is 42.2 Å². The summed E-state index contributed by atoms with van der Waals surface area (Å²) in [5, 5.41) is 2.82. The molecule has 7 heteroatoms. The number of hydrogen-bond donors (Lipinski definition) is 1. The molecule has 0 atom stereocenters. The summed E-state index contributed by atoms with van der Waals surface area (Å²) in [6.45, 7) is 0. The Kier molecular flexibility index (Phi) is 4.53. The first-order valence-corrected chi connectivity index (χ1v) is 7.43. The van der Waals surface area contributed by atoms with Gasteiger partial charge in [0.15, 0.2) is 0 Å². The van der Waals surface area contributed by atoms with Gasteiger partial charge in [0.1, 0.15) is 0 Å². The van der Waals surface area contributed by atoms with E-state index < -0.39 is 0 Å². The Balaban J connectivity index is 2.31. The summed E-state index contributed by atoms with van der Waals surface area (Å²) in [6.07, 6.45) is 1.36. The van der Waals surface area contributed by atoms with Crippen molar-refractivity contribution in [2.45, 2.75) is 0 Å². The average molecular weight is 458 g/mol. The molecule has 1 aromatic heterocycles. The van der Waals surface area contributed by atoms with Crippen LogP contribution < -0.4 is 5.32 Å². The van der Waals surface area contributed by atoms with Crippen molar-refractivity contribution in [2.75, 3.05) is 5.32 Å². The molecule has 0 unspecified atom stereocenters. The molecule has 0 fully saturated rings. The van der Waals surface area contributed by atoms with Crippen LogP contribution in [0.4, 0.5) is 5.69 Å². The van der Waals surface area contributed by atoms with Crippen molar-refractivity contribution in [3.8, 4) is 0 Å². The van der Waals surface area contributed by atoms with E-state index in [4.69, 9.17) is 16.0 Å². The monoisotopic (exact) mass is 455 g/mol. The molecule has 1 amide bonds. The van der Waals surface area contributed by atoms with Gasteiger partial charge in [0.2, 0.25) is 5.22 Å². The van der Waals surface area contributed by atoms with Crippen molar-refractivity contribution in [3.63, 3.8) is 0 Å². The first-order valence-electron chi connectivity index (χ1n) is 4.68. The minimum absolute atomic E-state index is 0.0665. The van der Waals surface area contributed by atoms with Gasteiger partial charge in [-0.1, -0.05) is 15.9 Å². The molecule has 0 saturated carbocycles. The van der Waals surface area contributed by atoms with Crippen LogP contribution in [0.5, 0.6) is 0 Å². The van der Waals surface area contributed by atoms with Gasteiger partial charge < -0.3 is 9.73 Å². The standard InChI is InChI=1S/C11H5Br3ClNO2/c12-5-3-7(13)9(8(14)4-5)16-11(17)6-1-2-18-10(6)15/h1-4H,(H,16,17). The molecule has 3 nitrogen and oxygen atoms in total. The van der Waals surface area contributed by atoms with Gasteiger partial charge in [-0.3, -0.25) is 4.79 Å². The fourth-order valence-electron chi connectivity index (χ4n) is 1.30. The van der Waals surface area contributed by atoms with E-state index in [1.54, 1.807) is 0 Å². The van der Waals surface area contributed by atoms with E-state index in [0.717, 1.165) is 13.4 Å². The Bertz CT molecular complexity index is 589. The Labute approximate surface area is 133 Å². The largest absolute Gasteiger partial charge is 0.452 e. The minimum Gasteiger partial charge on any atom is -0.452 e. The number of halogens is 4. The SMILES string of the molecule is O=C(Nc1c(Br)cc(Br)cc1Br)c1ccoc1Cl. The normalized spacial score (nSPS) is 10.4. The molecule has 0 spiro atoms. The molecule has 0 radical (unpaired) electrons. The highest BCUT2D eigenvalue weighted by Gasteiger charge is 2.16. The van der Waals surface area contributed by atoms with Crippen LogP contribution in [0.2, 0.25) is 5.22 Å². The summed E-state index contributed by atoms with van der Waals surface area (Å²) in [6, 6.07) is 5.17. The molecule has 0 aliphatic carbocycles. The zero-order chi connectivity index (χ0) is 13.3. The lowest BCUT2D eigenvalue weighted by atomic mass is 10.3. The summed E-state index contributed by atoms with van der Waals surface area (Å²) in [5.74, 6) is -0.336. The van der Waals surface area contributed by atoms with Crippen LogP contribution >= 0.6 is 59.4 Å². The molecule has 2 aromatic rings. The van der Waals surface area contributed by atoms with Crippen LogP contribution in [0.1, 0.15) is 10.4 Å². The molecular weight excluding hydrogens is 453 g/mol. The minimum atomic E-state index is -0.336. The molecule has 1 N–H and O–H groups in total. The summed E-state index contributed by atoms with van der Waals surface area (Å²) in [5.41, 5.74) is 0.916. The quantitative estimate of drug-likeness (QED) is 0.649. The number of carbonyl (C=O) groups is 1. The van der Waals surface area contributed by atoms with Gasteiger partial charge in [-0.05, 0) is 61.7 Å². The predicted octanol–water partition coefficient (Wildman–Crippen LogP) is 5.47. The highest BCUT2D eigenvalue weighted by Crippen LogP contribution is 2.35. The zero-order valence-electron chi connectivity index (χ0n) is 8.64. The predicted molar refractivity (Wildman–Crippen MR) is 81.2 cm³/mol. The second kappa shape index (κ2) is 5.77. The molecule has 0 saturated heterocycles. The number of carbonyl (C=O) groups excluding carboxylic acids is 1. The Morgan fingerprint density at radius 1 is 1.22 bits per heavy atom. The number of benzene rings is 1. The number of nitrogens with one attached hydrogen (secondary N) is 1. The number of furan rings is 1. The Hall–Kier alpha value is -0.300. The van der Waals surface area contributed by atoms with Gasteiger partial charge in [0.25, 0.3) is 5.91 Å². The maximum Gasteiger partial charge on any atom is 0.260 e. The third kappa shape index (κ3) is 2.99. The van der Waals surface area contributed by atoms with E-state index in [1.807, 2.05) is 12.1 Å². The molecule has 0 aliphatic rings. The average Bonchev–Trinajstić information content (AvgIpc) is 2.69. The van der Waals surface area contributed by atoms with Gasteiger partial charge in [0.05, 0.1) is 17.5 Å². The van der Waals surface area contributed by atoms with Crippen LogP contribution in [0, 0.1) is 0 Å². The maximum absolute atomic E-state index is 12.0. The summed E-state index contributed by atoms with van der Waals surface area (Å²) in [4.78, 5) is 12.0. The lowest BCUT2D eigenvalue weighted by molar-refractivity contribution is 0.102. The van der Waals surface area contributed by atoms with E-state index in [2.05, 4.69) is 53.1 Å². The van der Waals surface area contributed by atoms with Gasteiger partial charge in [0, 0.05) is 13.4 Å². The second-order valence-electron chi connectivity index (χ2n) is 3.31. The van der Waals surface area contributed by atoms with Gasteiger partial charge in [-0.2, -0.15) is 0 Å². The second-order valence-corrected chi connectivity index (χ2v) is 6.27. The van der Waals surface area contributed by atoms with Crippen molar-refractivity contribution < 1.29 is 9.21 Å². The molecule has 2 rings (SSSR count). The summed E-state index contributed by atoms with van der Waals surface area (Å²) >= 11 is 15.9. The van der Waals surface area contributed by atoms with E-state index in [0.29, 0.717) is 11.3 Å². The van der Waals surface area contributed by atoms with Crippen molar-refractivity contribution in [1.82, 2.24) is 0 Å². The van der Waals surface area contributed by atoms with E-state index in [9.17, 15) is 4.79 Å². The third-order valence-electron chi connectivity index (χ3n) is 2.11. The van der Waals surface area contributed by atoms with Gasteiger partial charge in [-0.15, -0.1) is 0 Å². The van der Waals surface area contributed by atoms with Gasteiger partial charge in [-0.25, -0.2) is 0 Å². The Morgan fingerprint density at radius 3 is 2.33 bits per heavy atom. The van der Waals surface area contributed by atoms with Crippen LogP contribution in [0.15, 0.2) is 42.3 Å². The molecule has 0 bridgehead atoms. The fraction of sp³-hybridized carbons (Fsp3) is 0. The lowest BCUT2D eigenvalue weighted by Gasteiger charge is -2.09. The first kappa shape index (κ1) is 14.1. The van der Waals surface area contributed by atoms with E-state index in [1.165, 1.54) is 12.3 Å². The molecule has 94 valence electrons. The van der Waals surface area contributed by atoms with E-state index in [-0.39, 0.29) is 11.1 Å². The number of rotatable bonds is 2. The number of amides is 1. The number of hydrogen-bond acceptors (Lipinski definition) is 2. The smallest absolute Gasteiger partial charge is 0.260 e. The fourth-order valence-corrected chi connectivity index (χ4v) is 3.96. The highest BCUT2D eigenvalue weighted by molar-refractivity contribution is 9.11. The summed E-state index contributed by atoms with van der Waals surface area (Å²) < 4.78 is 7.26. The molecular formula is C11H5Br3ClNO2. The van der Waals surface area contributed by atoms with Crippen molar-refractivity contribution in [1.29, 1.82) is 0 Å². The highest BCUT2D eigenvalue weighted by atomic mass is 79.9. The molecule has 1 aromatic carbocycles. The number of anilines is 1. The zero-order valence-corrected chi connectivity index (χ0v) is 14.2.